The fourth-order valence-electron chi connectivity index (χ4n) is 2.54. The molecule has 1 saturated heterocycles. The average Bonchev–Trinajstić information content (AvgIpc) is 2.87. The molecule has 2 amide bonds. The van der Waals surface area contributed by atoms with Gasteiger partial charge in [0.05, 0.1) is 0 Å². The average molecular weight is 228 g/mol. The molecule has 2 rings (SSSR count). The molecule has 1 aliphatic heterocycles. The van der Waals surface area contributed by atoms with Crippen molar-refractivity contribution in [3.8, 4) is 0 Å². The van der Waals surface area contributed by atoms with Crippen molar-refractivity contribution < 1.29 is 4.79 Å². The van der Waals surface area contributed by atoms with Gasteiger partial charge in [-0.3, -0.25) is 0 Å². The third-order valence-corrected chi connectivity index (χ3v) is 4.63. The van der Waals surface area contributed by atoms with Gasteiger partial charge in [0.15, 0.2) is 0 Å². The fraction of sp³-hybridized carbons (Fsp3) is 0.909. The molecule has 0 radical (unpaired) electrons. The minimum Gasteiger partial charge on any atom is -0.334 e. The zero-order chi connectivity index (χ0) is 10.7. The lowest BCUT2D eigenvalue weighted by atomic mass is 10.2. The molecule has 0 bridgehead atoms. The highest BCUT2D eigenvalue weighted by Gasteiger charge is 2.29. The van der Waals surface area contributed by atoms with Gasteiger partial charge in [0.2, 0.25) is 0 Å². The first-order valence-electron chi connectivity index (χ1n) is 5.89. The van der Waals surface area contributed by atoms with Crippen LogP contribution in [0.3, 0.4) is 0 Å². The van der Waals surface area contributed by atoms with E-state index in [9.17, 15) is 4.79 Å². The summed E-state index contributed by atoms with van der Waals surface area (Å²) in [4.78, 5) is 13.8. The summed E-state index contributed by atoms with van der Waals surface area (Å²) in [6, 6.07) is 0.576. The number of amides is 2. The summed E-state index contributed by atoms with van der Waals surface area (Å²) < 4.78 is 0. The van der Waals surface area contributed by atoms with E-state index in [0.29, 0.717) is 11.3 Å². The van der Waals surface area contributed by atoms with Gasteiger partial charge in [-0.25, -0.2) is 4.79 Å². The molecule has 2 unspecified atom stereocenters. The van der Waals surface area contributed by atoms with Crippen molar-refractivity contribution >= 4 is 17.8 Å². The lowest BCUT2D eigenvalue weighted by Crippen LogP contribution is -2.45. The Bertz CT molecular complexity index is 229. The summed E-state index contributed by atoms with van der Waals surface area (Å²) in [7, 11) is 0. The zero-order valence-corrected chi connectivity index (χ0v) is 10.2. The number of urea groups is 1. The van der Waals surface area contributed by atoms with Crippen LogP contribution in [0.4, 0.5) is 4.79 Å². The van der Waals surface area contributed by atoms with Crippen molar-refractivity contribution in [2.45, 2.75) is 43.4 Å². The van der Waals surface area contributed by atoms with E-state index in [-0.39, 0.29) is 6.03 Å². The van der Waals surface area contributed by atoms with E-state index in [0.717, 1.165) is 19.5 Å². The third-order valence-electron chi connectivity index (χ3n) is 3.46. The van der Waals surface area contributed by atoms with Crippen molar-refractivity contribution in [3.63, 3.8) is 0 Å². The van der Waals surface area contributed by atoms with Gasteiger partial charge in [-0.05, 0) is 31.9 Å². The van der Waals surface area contributed by atoms with Crippen LogP contribution in [0.25, 0.3) is 0 Å². The maximum atomic E-state index is 11.9. The summed E-state index contributed by atoms with van der Waals surface area (Å²) in [6.07, 6.45) is 8.16. The maximum Gasteiger partial charge on any atom is 0.317 e. The van der Waals surface area contributed by atoms with E-state index in [1.54, 1.807) is 0 Å². The smallest absolute Gasteiger partial charge is 0.317 e. The lowest BCUT2D eigenvalue weighted by Gasteiger charge is -2.23. The number of hydrogen-bond donors (Lipinski definition) is 1. The summed E-state index contributed by atoms with van der Waals surface area (Å²) in [5.41, 5.74) is 0. The number of nitrogens with zero attached hydrogens (tertiary/aromatic N) is 1. The molecular formula is C11H20N2OS. The van der Waals surface area contributed by atoms with Crippen LogP contribution in [-0.2, 0) is 0 Å². The second-order valence-electron chi connectivity index (χ2n) is 4.46. The zero-order valence-electron chi connectivity index (χ0n) is 9.37. The molecular weight excluding hydrogens is 208 g/mol. The highest BCUT2D eigenvalue weighted by molar-refractivity contribution is 7.99. The maximum absolute atomic E-state index is 11.9. The summed E-state index contributed by atoms with van der Waals surface area (Å²) in [5, 5.41) is 3.82. The molecule has 1 saturated carbocycles. The van der Waals surface area contributed by atoms with Gasteiger partial charge in [-0.1, -0.05) is 6.42 Å². The predicted octanol–water partition coefficient (Wildman–Crippen LogP) is 2.08. The first-order valence-corrected chi connectivity index (χ1v) is 7.18. The van der Waals surface area contributed by atoms with Crippen molar-refractivity contribution in [2.75, 3.05) is 19.3 Å². The fourth-order valence-corrected chi connectivity index (χ4v) is 3.48. The molecule has 86 valence electrons. The molecule has 2 fully saturated rings. The van der Waals surface area contributed by atoms with Gasteiger partial charge in [0, 0.05) is 24.4 Å². The minimum absolute atomic E-state index is 0.165. The van der Waals surface area contributed by atoms with Crippen LogP contribution < -0.4 is 5.32 Å². The van der Waals surface area contributed by atoms with E-state index in [1.165, 1.54) is 25.7 Å². The molecule has 1 N–H and O–H groups in total. The number of carbonyl (C=O) groups excluding carboxylic acids is 1. The molecule has 1 heterocycles. The highest BCUT2D eigenvalue weighted by atomic mass is 32.2. The number of thioether (sulfide) groups is 1. The van der Waals surface area contributed by atoms with E-state index in [4.69, 9.17) is 0 Å². The monoisotopic (exact) mass is 228 g/mol. The SMILES string of the molecule is CSC1CCCC1NC(=O)N1CCCC1. The Balaban J connectivity index is 1.82. The second kappa shape index (κ2) is 5.10. The van der Waals surface area contributed by atoms with Crippen LogP contribution in [0.15, 0.2) is 0 Å². The van der Waals surface area contributed by atoms with E-state index in [1.807, 2.05) is 16.7 Å². The number of nitrogens with one attached hydrogen (secondary N) is 1. The summed E-state index contributed by atoms with van der Waals surface area (Å²) in [6.45, 7) is 1.89. The van der Waals surface area contributed by atoms with E-state index >= 15 is 0 Å². The minimum atomic E-state index is 0.165. The lowest BCUT2D eigenvalue weighted by molar-refractivity contribution is 0.205. The topological polar surface area (TPSA) is 32.3 Å². The second-order valence-corrected chi connectivity index (χ2v) is 5.53. The Morgan fingerprint density at radius 3 is 2.67 bits per heavy atom. The van der Waals surface area contributed by atoms with Crippen molar-refractivity contribution in [1.29, 1.82) is 0 Å². The first kappa shape index (κ1) is 11.1. The van der Waals surface area contributed by atoms with Crippen LogP contribution in [-0.4, -0.2) is 41.6 Å². The van der Waals surface area contributed by atoms with Gasteiger partial charge in [-0.2, -0.15) is 11.8 Å². The number of likely N-dealkylation sites (tertiary alicyclic amines) is 1. The predicted molar refractivity (Wildman–Crippen MR) is 64.3 cm³/mol. The van der Waals surface area contributed by atoms with Crippen LogP contribution >= 0.6 is 11.8 Å². The van der Waals surface area contributed by atoms with Crippen molar-refractivity contribution in [1.82, 2.24) is 10.2 Å². The molecule has 1 aliphatic carbocycles. The van der Waals surface area contributed by atoms with Crippen LogP contribution in [0, 0.1) is 0 Å². The van der Waals surface area contributed by atoms with Gasteiger partial charge in [0.25, 0.3) is 0 Å². The Hall–Kier alpha value is -0.380. The molecule has 0 aromatic heterocycles. The Morgan fingerprint density at radius 1 is 1.27 bits per heavy atom. The molecule has 15 heavy (non-hydrogen) atoms. The Kier molecular flexibility index (Phi) is 3.78. The Labute approximate surface area is 96.0 Å². The van der Waals surface area contributed by atoms with E-state index in [2.05, 4.69) is 11.6 Å². The summed E-state index contributed by atoms with van der Waals surface area (Å²) >= 11 is 1.89. The van der Waals surface area contributed by atoms with Gasteiger partial charge in [0.1, 0.15) is 0 Å². The molecule has 3 nitrogen and oxygen atoms in total. The van der Waals surface area contributed by atoms with Crippen LogP contribution in [0.1, 0.15) is 32.1 Å². The van der Waals surface area contributed by atoms with Crippen LogP contribution in [0.5, 0.6) is 0 Å². The van der Waals surface area contributed by atoms with Crippen LogP contribution in [0.2, 0.25) is 0 Å². The Morgan fingerprint density at radius 2 is 2.00 bits per heavy atom. The highest BCUT2D eigenvalue weighted by Crippen LogP contribution is 2.28. The number of rotatable bonds is 2. The van der Waals surface area contributed by atoms with Crippen molar-refractivity contribution in [3.05, 3.63) is 0 Å². The standard InChI is InChI=1S/C11H20N2OS/c1-15-10-6-4-5-9(10)12-11(14)13-7-2-3-8-13/h9-10H,2-8H2,1H3,(H,12,14). The van der Waals surface area contributed by atoms with Gasteiger partial charge < -0.3 is 10.2 Å². The molecule has 0 aromatic carbocycles. The molecule has 4 heteroatoms. The largest absolute Gasteiger partial charge is 0.334 e. The first-order chi connectivity index (χ1) is 7.31. The quantitative estimate of drug-likeness (QED) is 0.785. The molecule has 2 aliphatic rings. The van der Waals surface area contributed by atoms with E-state index < -0.39 is 0 Å². The van der Waals surface area contributed by atoms with Gasteiger partial charge >= 0.3 is 6.03 Å². The molecule has 0 spiro atoms. The summed E-state index contributed by atoms with van der Waals surface area (Å²) in [5.74, 6) is 0. The number of carbonyl (C=O) groups is 1. The number of hydrogen-bond acceptors (Lipinski definition) is 2. The third kappa shape index (κ3) is 2.60. The molecule has 2 atom stereocenters. The normalized spacial score (nSPS) is 30.9. The van der Waals surface area contributed by atoms with Gasteiger partial charge in [-0.15, -0.1) is 0 Å². The van der Waals surface area contributed by atoms with Crippen molar-refractivity contribution in [2.24, 2.45) is 0 Å². The molecule has 0 aromatic rings.